The molecule has 3 aromatic carbocycles. The molecule has 3 rings (SSSR count). The summed E-state index contributed by atoms with van der Waals surface area (Å²) in [5.41, 5.74) is 2.37. The van der Waals surface area contributed by atoms with Gasteiger partial charge in [-0.1, -0.05) is 60.1 Å². The lowest BCUT2D eigenvalue weighted by Gasteiger charge is -2.26. The maximum atomic E-state index is 13.0. The van der Waals surface area contributed by atoms with E-state index in [1.165, 1.54) is 14.2 Å². The molecule has 0 aliphatic heterocycles. The first-order valence-electron chi connectivity index (χ1n) is 10.6. The van der Waals surface area contributed by atoms with Gasteiger partial charge in [-0.3, -0.25) is 4.79 Å². The van der Waals surface area contributed by atoms with Crippen LogP contribution in [0.15, 0.2) is 66.7 Å². The fourth-order valence-corrected chi connectivity index (χ4v) is 3.75. The van der Waals surface area contributed by atoms with Gasteiger partial charge >= 0.3 is 0 Å². The highest BCUT2D eigenvalue weighted by Crippen LogP contribution is 2.39. The lowest BCUT2D eigenvalue weighted by Crippen LogP contribution is -2.34. The topological polar surface area (TPSA) is 60.0 Å². The molecule has 0 heterocycles. The maximum Gasteiger partial charge on any atom is 0.251 e. The summed E-state index contributed by atoms with van der Waals surface area (Å²) >= 11 is 6.38. The van der Waals surface area contributed by atoms with Crippen LogP contribution in [0.5, 0.6) is 17.2 Å². The molecule has 0 aromatic heterocycles. The van der Waals surface area contributed by atoms with E-state index >= 15 is 0 Å². The van der Waals surface area contributed by atoms with Gasteiger partial charge in [0.25, 0.3) is 5.91 Å². The Hall–Kier alpha value is -3.22. The molecule has 0 bridgehead atoms. The van der Waals surface area contributed by atoms with Gasteiger partial charge in [0.15, 0.2) is 11.5 Å². The van der Waals surface area contributed by atoms with Gasteiger partial charge in [-0.05, 0) is 43.4 Å². The number of nitrogens with one attached hydrogen (secondary N) is 1. The summed E-state index contributed by atoms with van der Waals surface area (Å²) in [4.78, 5) is 15.0. The fourth-order valence-electron chi connectivity index (χ4n) is 3.49. The number of carbonyl (C=O) groups is 1. The number of halogens is 1. The van der Waals surface area contributed by atoms with Gasteiger partial charge in [0, 0.05) is 17.1 Å². The van der Waals surface area contributed by atoms with E-state index in [0.717, 1.165) is 11.1 Å². The minimum Gasteiger partial charge on any atom is -0.493 e. The van der Waals surface area contributed by atoms with Crippen molar-refractivity contribution >= 4 is 17.5 Å². The number of likely N-dealkylation sites (N-methyl/N-ethyl adjacent to an activating group) is 1. The molecule has 1 N–H and O–H groups in total. The first-order chi connectivity index (χ1) is 15.9. The van der Waals surface area contributed by atoms with Crippen molar-refractivity contribution < 1.29 is 19.0 Å². The smallest absolute Gasteiger partial charge is 0.251 e. The largest absolute Gasteiger partial charge is 0.493 e. The van der Waals surface area contributed by atoms with Crippen LogP contribution in [0, 0.1) is 0 Å². The minimum absolute atomic E-state index is 0.0834. The highest BCUT2D eigenvalue weighted by atomic mass is 35.5. The van der Waals surface area contributed by atoms with Gasteiger partial charge in [-0.25, -0.2) is 0 Å². The number of benzene rings is 3. The molecule has 0 radical (unpaired) electrons. The van der Waals surface area contributed by atoms with E-state index in [4.69, 9.17) is 25.8 Å². The normalized spacial score (nSPS) is 11.7. The van der Waals surface area contributed by atoms with Crippen LogP contribution in [0.1, 0.15) is 27.5 Å². The van der Waals surface area contributed by atoms with Crippen molar-refractivity contribution in [1.29, 1.82) is 0 Å². The van der Waals surface area contributed by atoms with Gasteiger partial charge in [-0.15, -0.1) is 0 Å². The molecule has 33 heavy (non-hydrogen) atoms. The molecular formula is C26H29ClN2O4. The average molecular weight is 469 g/mol. The van der Waals surface area contributed by atoms with Gasteiger partial charge in [0.2, 0.25) is 5.75 Å². The molecule has 0 saturated heterocycles. The lowest BCUT2D eigenvalue weighted by molar-refractivity contribution is 0.0941. The number of amides is 1. The first kappa shape index (κ1) is 24.4. The summed E-state index contributed by atoms with van der Waals surface area (Å²) in [5, 5.41) is 3.66. The van der Waals surface area contributed by atoms with Crippen LogP contribution in [0.4, 0.5) is 0 Å². The quantitative estimate of drug-likeness (QED) is 0.455. The van der Waals surface area contributed by atoms with Crippen LogP contribution in [-0.4, -0.2) is 45.7 Å². The van der Waals surface area contributed by atoms with E-state index in [0.29, 0.717) is 41.0 Å². The van der Waals surface area contributed by atoms with E-state index in [1.54, 1.807) is 12.1 Å². The zero-order valence-electron chi connectivity index (χ0n) is 19.3. The molecule has 0 saturated carbocycles. The summed E-state index contributed by atoms with van der Waals surface area (Å²) in [6, 6.07) is 20.6. The highest BCUT2D eigenvalue weighted by Gasteiger charge is 2.21. The van der Waals surface area contributed by atoms with E-state index in [1.807, 2.05) is 73.6 Å². The second kappa shape index (κ2) is 11.6. The number of ether oxygens (including phenoxy) is 3. The standard InChI is InChI=1S/C26H29ClN2O4/c1-29(2)22(20-12-8-9-13-21(20)27)16-28-26(30)19-14-23(31-3)25(24(15-19)32-4)33-17-18-10-6-5-7-11-18/h5-15,22H,16-17H2,1-4H3,(H,28,30). The molecule has 0 fully saturated rings. The van der Waals surface area contributed by atoms with Crippen LogP contribution in [0.2, 0.25) is 5.02 Å². The van der Waals surface area contributed by atoms with E-state index < -0.39 is 0 Å². The number of rotatable bonds is 10. The minimum atomic E-state index is -0.250. The fraction of sp³-hybridized carbons (Fsp3) is 0.269. The van der Waals surface area contributed by atoms with Gasteiger partial charge in [0.1, 0.15) is 6.61 Å². The molecular weight excluding hydrogens is 440 g/mol. The SMILES string of the molecule is COc1cc(C(=O)NCC(c2ccccc2Cl)N(C)C)cc(OC)c1OCc1ccccc1. The van der Waals surface area contributed by atoms with Crippen LogP contribution in [-0.2, 0) is 6.61 Å². The van der Waals surface area contributed by atoms with Crippen LogP contribution < -0.4 is 19.5 Å². The first-order valence-corrected chi connectivity index (χ1v) is 10.9. The summed E-state index contributed by atoms with van der Waals surface area (Å²) in [6.45, 7) is 0.730. The number of hydrogen-bond donors (Lipinski definition) is 1. The molecule has 1 atom stereocenters. The van der Waals surface area contributed by atoms with Crippen LogP contribution >= 0.6 is 11.6 Å². The molecule has 0 aliphatic rings. The van der Waals surface area contributed by atoms with Gasteiger partial charge in [0.05, 0.1) is 20.3 Å². The molecule has 174 valence electrons. The Morgan fingerprint density at radius 3 is 2.15 bits per heavy atom. The summed E-state index contributed by atoms with van der Waals surface area (Å²) < 4.78 is 17.0. The van der Waals surface area contributed by atoms with Crippen molar-refractivity contribution in [2.45, 2.75) is 12.6 Å². The van der Waals surface area contributed by atoms with Gasteiger partial charge < -0.3 is 24.4 Å². The predicted octanol–water partition coefficient (Wildman–Crippen LogP) is 4.97. The second-order valence-corrected chi connectivity index (χ2v) is 8.10. The average Bonchev–Trinajstić information content (AvgIpc) is 2.83. The van der Waals surface area contributed by atoms with Crippen molar-refractivity contribution in [3.63, 3.8) is 0 Å². The van der Waals surface area contributed by atoms with Crippen molar-refractivity contribution in [3.05, 3.63) is 88.4 Å². The highest BCUT2D eigenvalue weighted by molar-refractivity contribution is 6.31. The molecule has 1 unspecified atom stereocenters. The van der Waals surface area contributed by atoms with Crippen LogP contribution in [0.25, 0.3) is 0 Å². The van der Waals surface area contributed by atoms with E-state index in [-0.39, 0.29) is 11.9 Å². The second-order valence-electron chi connectivity index (χ2n) is 7.70. The number of hydrogen-bond acceptors (Lipinski definition) is 5. The van der Waals surface area contributed by atoms with Crippen molar-refractivity contribution in [2.24, 2.45) is 0 Å². The molecule has 0 spiro atoms. The summed E-state index contributed by atoms with van der Waals surface area (Å²) in [6.07, 6.45) is 0. The van der Waals surface area contributed by atoms with Crippen molar-refractivity contribution in [1.82, 2.24) is 10.2 Å². The molecule has 7 heteroatoms. The Kier molecular flexibility index (Phi) is 8.58. The zero-order valence-corrected chi connectivity index (χ0v) is 20.1. The molecule has 0 aliphatic carbocycles. The lowest BCUT2D eigenvalue weighted by atomic mass is 10.1. The number of nitrogens with zero attached hydrogens (tertiary/aromatic N) is 1. The number of carbonyl (C=O) groups excluding carboxylic acids is 1. The Morgan fingerprint density at radius 2 is 1.58 bits per heavy atom. The Morgan fingerprint density at radius 1 is 0.970 bits per heavy atom. The Labute approximate surface area is 200 Å². The van der Waals surface area contributed by atoms with Crippen molar-refractivity contribution in [2.75, 3.05) is 34.9 Å². The van der Waals surface area contributed by atoms with Gasteiger partial charge in [-0.2, -0.15) is 0 Å². The molecule has 3 aromatic rings. The summed E-state index contributed by atoms with van der Waals surface area (Å²) in [5.74, 6) is 1.04. The summed E-state index contributed by atoms with van der Waals surface area (Å²) in [7, 11) is 6.97. The Bertz CT molecular complexity index is 1050. The molecule has 6 nitrogen and oxygen atoms in total. The Balaban J connectivity index is 1.77. The van der Waals surface area contributed by atoms with E-state index in [2.05, 4.69) is 5.32 Å². The van der Waals surface area contributed by atoms with Crippen LogP contribution in [0.3, 0.4) is 0 Å². The van der Waals surface area contributed by atoms with E-state index in [9.17, 15) is 4.79 Å². The predicted molar refractivity (Wildman–Crippen MR) is 131 cm³/mol. The maximum absolute atomic E-state index is 13.0. The third-order valence-corrected chi connectivity index (χ3v) is 5.64. The zero-order chi connectivity index (χ0) is 23.8. The third kappa shape index (κ3) is 6.18. The third-order valence-electron chi connectivity index (χ3n) is 5.29. The molecule has 1 amide bonds. The van der Waals surface area contributed by atoms with Crippen molar-refractivity contribution in [3.8, 4) is 17.2 Å². The number of methoxy groups -OCH3 is 2. The monoisotopic (exact) mass is 468 g/mol.